The quantitative estimate of drug-likeness (QED) is 0.614. The lowest BCUT2D eigenvalue weighted by Crippen LogP contribution is -2.15. The van der Waals surface area contributed by atoms with Gasteiger partial charge in [-0.3, -0.25) is 0 Å². The van der Waals surface area contributed by atoms with Gasteiger partial charge < -0.3 is 9.47 Å². The Morgan fingerprint density at radius 2 is 2.15 bits per heavy atom. The lowest BCUT2D eigenvalue weighted by atomic mass is 10.0. The van der Waals surface area contributed by atoms with Crippen molar-refractivity contribution < 1.29 is 9.47 Å². The summed E-state index contributed by atoms with van der Waals surface area (Å²) >= 11 is 0. The summed E-state index contributed by atoms with van der Waals surface area (Å²) < 4.78 is 11.4. The van der Waals surface area contributed by atoms with Crippen LogP contribution in [0, 0.1) is 5.92 Å². The van der Waals surface area contributed by atoms with Crippen LogP contribution >= 0.6 is 0 Å². The Morgan fingerprint density at radius 1 is 1.38 bits per heavy atom. The van der Waals surface area contributed by atoms with E-state index in [1.165, 1.54) is 6.42 Å². The Kier molecular flexibility index (Phi) is 4.74. The molecule has 1 aliphatic heterocycles. The third-order valence-electron chi connectivity index (χ3n) is 2.73. The average molecular weight is 186 g/mol. The van der Waals surface area contributed by atoms with E-state index in [9.17, 15) is 0 Å². The van der Waals surface area contributed by atoms with E-state index in [1.807, 2.05) is 0 Å². The molecule has 78 valence electrons. The normalized spacial score (nSPS) is 33.9. The number of hydrogen-bond acceptors (Lipinski definition) is 2. The first-order valence-electron chi connectivity index (χ1n) is 5.55. The first kappa shape index (κ1) is 11.0. The van der Waals surface area contributed by atoms with Crippen molar-refractivity contribution in [2.75, 3.05) is 6.61 Å². The summed E-state index contributed by atoms with van der Waals surface area (Å²) in [5.41, 5.74) is 0. The molecule has 0 aromatic rings. The molecule has 0 aliphatic carbocycles. The Bertz CT molecular complexity index is 136. The smallest absolute Gasteiger partial charge is 0.158 e. The van der Waals surface area contributed by atoms with Gasteiger partial charge in [0.25, 0.3) is 0 Å². The predicted octanol–water partition coefficient (Wildman–Crippen LogP) is 2.96. The van der Waals surface area contributed by atoms with Gasteiger partial charge in [0.1, 0.15) is 0 Å². The third kappa shape index (κ3) is 3.28. The second-order valence-corrected chi connectivity index (χ2v) is 3.95. The second kappa shape index (κ2) is 5.61. The van der Waals surface area contributed by atoms with E-state index in [0.717, 1.165) is 25.9 Å². The van der Waals surface area contributed by atoms with Crippen LogP contribution in [0.3, 0.4) is 0 Å². The Labute approximate surface area is 81.6 Å². The number of unbranched alkanes of at least 4 members (excludes halogenated alkanes) is 1. The Hall–Kier alpha value is -0.0800. The fourth-order valence-corrected chi connectivity index (χ4v) is 1.81. The van der Waals surface area contributed by atoms with Crippen LogP contribution in [0.25, 0.3) is 0 Å². The molecule has 0 spiro atoms. The van der Waals surface area contributed by atoms with Crippen LogP contribution in [0.4, 0.5) is 0 Å². The highest BCUT2D eigenvalue weighted by atomic mass is 16.7. The molecule has 2 nitrogen and oxygen atoms in total. The van der Waals surface area contributed by atoms with Gasteiger partial charge >= 0.3 is 0 Å². The predicted molar refractivity (Wildman–Crippen MR) is 53.6 cm³/mol. The second-order valence-electron chi connectivity index (χ2n) is 3.95. The zero-order valence-electron chi connectivity index (χ0n) is 9.08. The van der Waals surface area contributed by atoms with Crippen molar-refractivity contribution in [1.82, 2.24) is 0 Å². The van der Waals surface area contributed by atoms with Gasteiger partial charge in [0.15, 0.2) is 6.29 Å². The van der Waals surface area contributed by atoms with Gasteiger partial charge in [-0.1, -0.05) is 27.2 Å². The SMILES string of the molecule is CCCCOC1CC(C)C(CC)O1. The van der Waals surface area contributed by atoms with E-state index >= 15 is 0 Å². The molecule has 0 aromatic heterocycles. The van der Waals surface area contributed by atoms with Crippen molar-refractivity contribution in [2.24, 2.45) is 5.92 Å². The molecule has 0 aromatic carbocycles. The lowest BCUT2D eigenvalue weighted by Gasteiger charge is -2.13. The van der Waals surface area contributed by atoms with Gasteiger partial charge in [-0.05, 0) is 18.8 Å². The number of hydrogen-bond donors (Lipinski definition) is 0. The van der Waals surface area contributed by atoms with E-state index in [2.05, 4.69) is 20.8 Å². The third-order valence-corrected chi connectivity index (χ3v) is 2.73. The molecule has 0 radical (unpaired) electrons. The standard InChI is InChI=1S/C11H22O2/c1-4-6-7-12-11-8-9(3)10(5-2)13-11/h9-11H,4-8H2,1-3H3. The highest BCUT2D eigenvalue weighted by molar-refractivity contribution is 4.74. The average Bonchev–Trinajstić information content (AvgIpc) is 2.47. The lowest BCUT2D eigenvalue weighted by molar-refractivity contribution is -0.134. The van der Waals surface area contributed by atoms with E-state index in [1.54, 1.807) is 0 Å². The summed E-state index contributed by atoms with van der Waals surface area (Å²) in [7, 11) is 0. The Morgan fingerprint density at radius 3 is 2.69 bits per heavy atom. The van der Waals surface area contributed by atoms with Gasteiger partial charge in [-0.15, -0.1) is 0 Å². The van der Waals surface area contributed by atoms with Crippen LogP contribution in [0.1, 0.15) is 46.5 Å². The van der Waals surface area contributed by atoms with Gasteiger partial charge in [-0.2, -0.15) is 0 Å². The van der Waals surface area contributed by atoms with Gasteiger partial charge in [0, 0.05) is 13.0 Å². The molecule has 0 saturated carbocycles. The summed E-state index contributed by atoms with van der Waals surface area (Å²) in [4.78, 5) is 0. The summed E-state index contributed by atoms with van der Waals surface area (Å²) in [5.74, 6) is 0.664. The molecule has 1 fully saturated rings. The topological polar surface area (TPSA) is 18.5 Å². The maximum atomic E-state index is 5.75. The number of rotatable bonds is 5. The van der Waals surface area contributed by atoms with Crippen LogP contribution < -0.4 is 0 Å². The zero-order valence-corrected chi connectivity index (χ0v) is 9.08. The highest BCUT2D eigenvalue weighted by Crippen LogP contribution is 2.28. The minimum Gasteiger partial charge on any atom is -0.353 e. The minimum absolute atomic E-state index is 0.0755. The van der Waals surface area contributed by atoms with Crippen molar-refractivity contribution in [3.05, 3.63) is 0 Å². The first-order valence-corrected chi connectivity index (χ1v) is 5.55. The largest absolute Gasteiger partial charge is 0.353 e. The summed E-state index contributed by atoms with van der Waals surface area (Å²) in [5, 5.41) is 0. The molecule has 0 amide bonds. The molecule has 3 atom stereocenters. The van der Waals surface area contributed by atoms with Gasteiger partial charge in [0.2, 0.25) is 0 Å². The van der Waals surface area contributed by atoms with Gasteiger partial charge in [-0.25, -0.2) is 0 Å². The van der Waals surface area contributed by atoms with E-state index < -0.39 is 0 Å². The van der Waals surface area contributed by atoms with Crippen LogP contribution in [0.5, 0.6) is 0 Å². The van der Waals surface area contributed by atoms with Crippen LogP contribution in [0.2, 0.25) is 0 Å². The fraction of sp³-hybridized carbons (Fsp3) is 1.00. The first-order chi connectivity index (χ1) is 6.27. The number of ether oxygens (including phenoxy) is 2. The van der Waals surface area contributed by atoms with Crippen molar-refractivity contribution in [3.8, 4) is 0 Å². The van der Waals surface area contributed by atoms with E-state index in [0.29, 0.717) is 12.0 Å². The van der Waals surface area contributed by atoms with Crippen molar-refractivity contribution in [2.45, 2.75) is 58.8 Å². The molecule has 13 heavy (non-hydrogen) atoms. The molecule has 2 heteroatoms. The maximum Gasteiger partial charge on any atom is 0.158 e. The monoisotopic (exact) mass is 186 g/mol. The van der Waals surface area contributed by atoms with Crippen LogP contribution in [-0.4, -0.2) is 19.0 Å². The summed E-state index contributed by atoms with van der Waals surface area (Å²) in [6.07, 6.45) is 5.01. The van der Waals surface area contributed by atoms with Crippen LogP contribution in [0.15, 0.2) is 0 Å². The van der Waals surface area contributed by atoms with Crippen molar-refractivity contribution in [1.29, 1.82) is 0 Å². The van der Waals surface area contributed by atoms with E-state index in [-0.39, 0.29) is 6.29 Å². The zero-order chi connectivity index (χ0) is 9.68. The summed E-state index contributed by atoms with van der Waals surface area (Å²) in [6, 6.07) is 0. The fourth-order valence-electron chi connectivity index (χ4n) is 1.81. The molecule has 1 rings (SSSR count). The molecule has 1 aliphatic rings. The molecular formula is C11H22O2. The molecule has 0 bridgehead atoms. The summed E-state index contributed by atoms with van der Waals surface area (Å²) in [6.45, 7) is 7.45. The van der Waals surface area contributed by atoms with Crippen molar-refractivity contribution >= 4 is 0 Å². The van der Waals surface area contributed by atoms with Crippen LogP contribution in [-0.2, 0) is 9.47 Å². The maximum absolute atomic E-state index is 5.75. The van der Waals surface area contributed by atoms with Gasteiger partial charge in [0.05, 0.1) is 6.10 Å². The molecule has 0 N–H and O–H groups in total. The molecule has 3 unspecified atom stereocenters. The van der Waals surface area contributed by atoms with E-state index in [4.69, 9.17) is 9.47 Å². The molecule has 1 saturated heterocycles. The van der Waals surface area contributed by atoms with Crippen molar-refractivity contribution in [3.63, 3.8) is 0 Å². The molecular weight excluding hydrogens is 164 g/mol. The molecule has 1 heterocycles. The Balaban J connectivity index is 2.16. The highest BCUT2D eigenvalue weighted by Gasteiger charge is 2.30. The minimum atomic E-state index is 0.0755.